The highest BCUT2D eigenvalue weighted by Gasteiger charge is 2.11. The van der Waals surface area contributed by atoms with Gasteiger partial charge in [0.25, 0.3) is 0 Å². The Kier molecular flexibility index (Phi) is 6.34. The molecule has 0 atom stereocenters. The number of ether oxygens (including phenoxy) is 1. The molecule has 1 saturated heterocycles. The van der Waals surface area contributed by atoms with Crippen LogP contribution >= 0.6 is 0 Å². The lowest BCUT2D eigenvalue weighted by Gasteiger charge is -2.17. The lowest BCUT2D eigenvalue weighted by Crippen LogP contribution is -2.26. The van der Waals surface area contributed by atoms with Gasteiger partial charge in [0.2, 0.25) is 0 Å². The molecular weight excluding hydrogens is 422 g/mol. The maximum atomic E-state index is 5.89. The van der Waals surface area contributed by atoms with Gasteiger partial charge in [-0.2, -0.15) is 0 Å². The van der Waals surface area contributed by atoms with Crippen molar-refractivity contribution in [1.82, 2.24) is 20.3 Å². The smallest absolute Gasteiger partial charge is 0.145 e. The predicted molar refractivity (Wildman–Crippen MR) is 134 cm³/mol. The molecule has 1 fully saturated rings. The molecule has 0 saturated carbocycles. The third kappa shape index (κ3) is 4.99. The van der Waals surface area contributed by atoms with Gasteiger partial charge in [0.05, 0.1) is 17.3 Å². The Morgan fingerprint density at radius 1 is 1.06 bits per heavy atom. The first-order valence-corrected chi connectivity index (χ1v) is 11.2. The minimum absolute atomic E-state index is 0.441. The molecule has 4 aromatic rings. The first-order valence-electron chi connectivity index (χ1n) is 11.2. The third-order valence-electron chi connectivity index (χ3n) is 5.66. The lowest BCUT2D eigenvalue weighted by molar-refractivity contribution is 0.447. The molecule has 0 unspecified atom stereocenters. The molecule has 2 aromatic heterocycles. The van der Waals surface area contributed by atoms with Gasteiger partial charge in [-0.05, 0) is 74.5 Å². The van der Waals surface area contributed by atoms with Gasteiger partial charge in [-0.3, -0.25) is 4.98 Å². The van der Waals surface area contributed by atoms with E-state index in [2.05, 4.69) is 43.3 Å². The average Bonchev–Trinajstić information content (AvgIpc) is 2.90. The number of nitrogens with zero attached hydrogens (tertiary/aromatic N) is 3. The third-order valence-corrected chi connectivity index (χ3v) is 5.66. The van der Waals surface area contributed by atoms with Crippen LogP contribution in [-0.4, -0.2) is 28.0 Å². The molecule has 0 radical (unpaired) electrons. The second-order valence-electron chi connectivity index (χ2n) is 8.02. The molecule has 2 aromatic carbocycles. The average molecular weight is 446 g/mol. The molecule has 6 heteroatoms. The van der Waals surface area contributed by atoms with Crippen molar-refractivity contribution in [3.05, 3.63) is 78.4 Å². The fraction of sp³-hybridized carbons (Fsp3) is 0.179. The van der Waals surface area contributed by atoms with Gasteiger partial charge >= 0.3 is 0 Å². The lowest BCUT2D eigenvalue weighted by atomic mass is 9.98. The van der Waals surface area contributed by atoms with Crippen LogP contribution in [-0.2, 0) is 0 Å². The highest BCUT2D eigenvalue weighted by atomic mass is 16.5. The normalized spacial score (nSPS) is 13.5. The molecule has 0 amide bonds. The van der Waals surface area contributed by atoms with Crippen molar-refractivity contribution >= 4 is 22.4 Å². The Balaban J connectivity index is 1.41. The first-order chi connectivity index (χ1) is 16.8. The van der Waals surface area contributed by atoms with Crippen molar-refractivity contribution in [1.29, 1.82) is 0 Å². The Bertz CT molecular complexity index is 1410. The van der Waals surface area contributed by atoms with Gasteiger partial charge in [-0.1, -0.05) is 17.8 Å². The van der Waals surface area contributed by atoms with E-state index in [0.717, 1.165) is 48.1 Å². The van der Waals surface area contributed by atoms with E-state index >= 15 is 0 Å². The van der Waals surface area contributed by atoms with E-state index in [1.54, 1.807) is 18.7 Å². The number of fused-ring (bicyclic) bond motifs is 1. The first kappa shape index (κ1) is 21.5. The summed E-state index contributed by atoms with van der Waals surface area (Å²) in [5.74, 6) is 11.8. The van der Waals surface area contributed by atoms with Crippen LogP contribution in [0.15, 0.2) is 67.3 Å². The summed E-state index contributed by atoms with van der Waals surface area (Å²) in [4.78, 5) is 12.9. The van der Waals surface area contributed by atoms with E-state index in [4.69, 9.17) is 11.2 Å². The molecule has 0 spiro atoms. The monoisotopic (exact) mass is 445 g/mol. The summed E-state index contributed by atoms with van der Waals surface area (Å²) in [6, 6.07) is 15.3. The SMILES string of the molecule is C#Cc1cc(Nc2ncnc3ccc(C#CC4CCNCC4)cc23)ccc1Oc1cccnc1. The van der Waals surface area contributed by atoms with Crippen LogP contribution in [0.25, 0.3) is 10.9 Å². The van der Waals surface area contributed by atoms with E-state index in [0.29, 0.717) is 28.8 Å². The molecule has 0 bridgehead atoms. The van der Waals surface area contributed by atoms with Gasteiger partial charge in [-0.25, -0.2) is 9.97 Å². The number of hydrogen-bond acceptors (Lipinski definition) is 6. The standard InChI is InChI=1S/C28H23N5O/c1-2-22-17-23(8-10-27(22)34-24-4-3-13-30-18-24)33-28-25-16-21(7-9-26(25)31-19-32-28)6-5-20-11-14-29-15-12-20/h1,3-4,7-10,13,16-20,29H,11-12,14-15H2,(H,31,32,33). The van der Waals surface area contributed by atoms with E-state index in [9.17, 15) is 0 Å². The Labute approximate surface area is 198 Å². The summed E-state index contributed by atoms with van der Waals surface area (Å²) in [6.07, 6.45) is 12.8. The summed E-state index contributed by atoms with van der Waals surface area (Å²) in [5.41, 5.74) is 3.23. The van der Waals surface area contributed by atoms with Gasteiger partial charge < -0.3 is 15.4 Å². The van der Waals surface area contributed by atoms with Crippen LogP contribution in [0.5, 0.6) is 11.5 Å². The van der Waals surface area contributed by atoms with E-state index in [-0.39, 0.29) is 0 Å². The van der Waals surface area contributed by atoms with Crippen LogP contribution < -0.4 is 15.4 Å². The molecule has 5 rings (SSSR count). The maximum Gasteiger partial charge on any atom is 0.145 e. The molecule has 1 aliphatic rings. The number of anilines is 2. The van der Waals surface area contributed by atoms with Gasteiger partial charge in [-0.15, -0.1) is 6.42 Å². The molecule has 166 valence electrons. The molecule has 1 aliphatic heterocycles. The highest BCUT2D eigenvalue weighted by molar-refractivity contribution is 5.91. The highest BCUT2D eigenvalue weighted by Crippen LogP contribution is 2.30. The van der Waals surface area contributed by atoms with E-state index < -0.39 is 0 Å². The number of hydrogen-bond donors (Lipinski definition) is 2. The van der Waals surface area contributed by atoms with Crippen molar-refractivity contribution in [2.45, 2.75) is 12.8 Å². The van der Waals surface area contributed by atoms with Gasteiger partial charge in [0, 0.05) is 28.8 Å². The molecule has 0 aliphatic carbocycles. The van der Waals surface area contributed by atoms with Crippen molar-refractivity contribution in [2.24, 2.45) is 5.92 Å². The molecule has 2 N–H and O–H groups in total. The summed E-state index contributed by atoms with van der Waals surface area (Å²) in [6.45, 7) is 2.06. The molecule has 6 nitrogen and oxygen atoms in total. The Morgan fingerprint density at radius 2 is 1.97 bits per heavy atom. The summed E-state index contributed by atoms with van der Waals surface area (Å²) in [7, 11) is 0. The van der Waals surface area contributed by atoms with Crippen molar-refractivity contribution < 1.29 is 4.74 Å². The second kappa shape index (κ2) is 10.0. The Hall–Kier alpha value is -4.39. The van der Waals surface area contributed by atoms with Crippen molar-refractivity contribution in [2.75, 3.05) is 18.4 Å². The molecule has 3 heterocycles. The number of benzene rings is 2. The molecule has 34 heavy (non-hydrogen) atoms. The van der Waals surface area contributed by atoms with E-state index in [1.807, 2.05) is 48.5 Å². The van der Waals surface area contributed by atoms with Gasteiger partial charge in [0.1, 0.15) is 23.6 Å². The minimum atomic E-state index is 0.441. The number of pyridine rings is 1. The molecular formula is C28H23N5O. The zero-order chi connectivity index (χ0) is 23.2. The van der Waals surface area contributed by atoms with Crippen LogP contribution in [0.1, 0.15) is 24.0 Å². The topological polar surface area (TPSA) is 72.0 Å². The summed E-state index contributed by atoms with van der Waals surface area (Å²) < 4.78 is 5.89. The largest absolute Gasteiger partial charge is 0.454 e. The second-order valence-corrected chi connectivity index (χ2v) is 8.02. The predicted octanol–water partition coefficient (Wildman–Crippen LogP) is 4.89. The summed E-state index contributed by atoms with van der Waals surface area (Å²) >= 11 is 0. The fourth-order valence-corrected chi connectivity index (χ4v) is 3.87. The zero-order valence-electron chi connectivity index (χ0n) is 18.6. The van der Waals surface area contributed by atoms with E-state index in [1.165, 1.54) is 0 Å². The number of aromatic nitrogens is 3. The Morgan fingerprint density at radius 3 is 2.79 bits per heavy atom. The number of piperidine rings is 1. The summed E-state index contributed by atoms with van der Waals surface area (Å²) in [5, 5.41) is 7.65. The van der Waals surface area contributed by atoms with Crippen LogP contribution in [0.3, 0.4) is 0 Å². The number of terminal acetylenes is 1. The zero-order valence-corrected chi connectivity index (χ0v) is 18.6. The maximum absolute atomic E-state index is 5.89. The van der Waals surface area contributed by atoms with Crippen LogP contribution in [0.2, 0.25) is 0 Å². The number of rotatable bonds is 4. The minimum Gasteiger partial charge on any atom is -0.454 e. The van der Waals surface area contributed by atoms with Crippen molar-refractivity contribution in [3.8, 4) is 35.7 Å². The number of nitrogens with one attached hydrogen (secondary N) is 2. The van der Waals surface area contributed by atoms with Gasteiger partial charge in [0.15, 0.2) is 0 Å². The van der Waals surface area contributed by atoms with Crippen LogP contribution in [0, 0.1) is 30.1 Å². The quantitative estimate of drug-likeness (QED) is 0.436. The van der Waals surface area contributed by atoms with Crippen LogP contribution in [0.4, 0.5) is 11.5 Å². The fourth-order valence-electron chi connectivity index (χ4n) is 3.87. The van der Waals surface area contributed by atoms with Crippen molar-refractivity contribution in [3.63, 3.8) is 0 Å².